The summed E-state index contributed by atoms with van der Waals surface area (Å²) in [5.41, 5.74) is 5.12. The Balaban J connectivity index is 1.49. The van der Waals surface area contributed by atoms with Crippen LogP contribution < -0.4 is 19.5 Å². The molecule has 0 amide bonds. The summed E-state index contributed by atoms with van der Waals surface area (Å²) < 4.78 is 46.5. The van der Waals surface area contributed by atoms with Crippen molar-refractivity contribution in [2.75, 3.05) is 20.7 Å². The highest BCUT2D eigenvalue weighted by atomic mass is 16.7. The summed E-state index contributed by atoms with van der Waals surface area (Å²) in [6.45, 7) is 0.266. The van der Waals surface area contributed by atoms with Crippen LogP contribution in [0.5, 0.6) is 17.2 Å². The van der Waals surface area contributed by atoms with Gasteiger partial charge in [0, 0.05) is 21.3 Å². The quantitative estimate of drug-likeness (QED) is 0.154. The van der Waals surface area contributed by atoms with Gasteiger partial charge in [0.15, 0.2) is 11.5 Å². The molecule has 4 aromatic carbocycles. The van der Waals surface area contributed by atoms with E-state index in [4.69, 9.17) is 26.4 Å². The molecule has 0 saturated carbocycles. The van der Waals surface area contributed by atoms with Gasteiger partial charge >= 0.3 is 5.97 Å². The van der Waals surface area contributed by atoms with Gasteiger partial charge in [-0.05, 0) is 71.4 Å². The number of hydrogen-bond acceptors (Lipinski definition) is 7. The first-order valence-corrected chi connectivity index (χ1v) is 13.9. The van der Waals surface area contributed by atoms with Crippen LogP contribution in [0.25, 0.3) is 0 Å². The van der Waals surface area contributed by atoms with Gasteiger partial charge in [-0.1, -0.05) is 66.7 Å². The molecule has 1 N–H and O–H groups in total. The van der Waals surface area contributed by atoms with Crippen molar-refractivity contribution in [3.8, 4) is 17.2 Å². The van der Waals surface area contributed by atoms with Crippen molar-refractivity contribution in [1.82, 2.24) is 5.32 Å². The molecule has 0 fully saturated rings. The Morgan fingerprint density at radius 1 is 0.905 bits per heavy atom. The largest absolute Gasteiger partial charge is 0.497 e. The second kappa shape index (κ2) is 14.0. The van der Waals surface area contributed by atoms with Crippen molar-refractivity contribution in [1.29, 1.82) is 0 Å². The second-order valence-corrected chi connectivity index (χ2v) is 10.0. The average Bonchev–Trinajstić information content (AvgIpc) is 3.02. The van der Waals surface area contributed by atoms with E-state index in [2.05, 4.69) is 5.32 Å². The Labute approximate surface area is 250 Å². The smallest absolute Gasteiger partial charge is 0.305 e. The Kier molecular flexibility index (Phi) is 8.87. The van der Waals surface area contributed by atoms with E-state index in [0.717, 1.165) is 27.8 Å². The standard InChI is InChI=1S/C35H37NO6/c1-24(37)42-35(41-23-26-12-8-5-9-13-26)31-20-29(38-2)15-14-27(31)18-32-30-21-34(40-22-25-10-6-4-7-11-25)33(39-3)19-28(30)16-17-36-32/h4-15,19-21,32,35-36H,16-18,22-23H2,1-3H3/i17D2. The van der Waals surface area contributed by atoms with Crippen LogP contribution in [0.1, 0.15) is 55.4 Å². The number of methoxy groups -OCH3 is 2. The van der Waals surface area contributed by atoms with Crippen LogP contribution in [0.3, 0.4) is 0 Å². The summed E-state index contributed by atoms with van der Waals surface area (Å²) in [5, 5.41) is 3.19. The van der Waals surface area contributed by atoms with Crippen molar-refractivity contribution < 1.29 is 31.2 Å². The Bertz CT molecular complexity index is 1560. The van der Waals surface area contributed by atoms with Gasteiger partial charge in [-0.15, -0.1) is 0 Å². The van der Waals surface area contributed by atoms with E-state index in [-0.39, 0.29) is 13.0 Å². The van der Waals surface area contributed by atoms with E-state index in [1.807, 2.05) is 84.9 Å². The molecule has 0 aromatic heterocycles. The van der Waals surface area contributed by atoms with E-state index in [1.165, 1.54) is 6.92 Å². The van der Waals surface area contributed by atoms with Gasteiger partial charge < -0.3 is 29.0 Å². The van der Waals surface area contributed by atoms with Crippen LogP contribution in [0.15, 0.2) is 91.0 Å². The molecule has 42 heavy (non-hydrogen) atoms. The number of hydrogen-bond donors (Lipinski definition) is 1. The molecular formula is C35H37NO6. The van der Waals surface area contributed by atoms with E-state index >= 15 is 0 Å². The maximum absolute atomic E-state index is 12.2. The van der Waals surface area contributed by atoms with E-state index in [9.17, 15) is 4.79 Å². The first-order chi connectivity index (χ1) is 21.2. The molecule has 2 unspecified atom stereocenters. The molecule has 0 radical (unpaired) electrons. The van der Waals surface area contributed by atoms with Crippen LogP contribution >= 0.6 is 0 Å². The van der Waals surface area contributed by atoms with E-state index < -0.39 is 24.8 Å². The fraction of sp³-hybridized carbons (Fsp3) is 0.286. The molecule has 218 valence electrons. The molecule has 2 atom stereocenters. The van der Waals surface area contributed by atoms with Crippen LogP contribution in [-0.2, 0) is 40.3 Å². The van der Waals surface area contributed by atoms with Gasteiger partial charge in [-0.2, -0.15) is 0 Å². The molecule has 5 rings (SSSR count). The lowest BCUT2D eigenvalue weighted by molar-refractivity contribution is -0.181. The molecule has 7 nitrogen and oxygen atoms in total. The number of fused-ring (bicyclic) bond motifs is 1. The maximum Gasteiger partial charge on any atom is 0.305 e. The van der Waals surface area contributed by atoms with Gasteiger partial charge in [-0.25, -0.2) is 0 Å². The molecule has 1 heterocycles. The summed E-state index contributed by atoms with van der Waals surface area (Å²) in [6.07, 6.45) is -0.457. The van der Waals surface area contributed by atoms with Crippen LogP contribution in [0.2, 0.25) is 0 Å². The van der Waals surface area contributed by atoms with Crippen molar-refractivity contribution in [2.24, 2.45) is 0 Å². The number of carbonyl (C=O) groups is 1. The average molecular weight is 570 g/mol. The third-order valence-electron chi connectivity index (χ3n) is 7.14. The molecule has 7 heteroatoms. The van der Waals surface area contributed by atoms with Gasteiger partial charge in [0.25, 0.3) is 0 Å². The number of ether oxygens (including phenoxy) is 5. The maximum atomic E-state index is 12.2. The normalized spacial score (nSPS) is 16.8. The summed E-state index contributed by atoms with van der Waals surface area (Å²) in [6, 6.07) is 28.4. The third kappa shape index (κ3) is 7.29. The summed E-state index contributed by atoms with van der Waals surface area (Å²) in [7, 11) is 3.15. The van der Waals surface area contributed by atoms with Gasteiger partial charge in [-0.3, -0.25) is 4.79 Å². The van der Waals surface area contributed by atoms with Gasteiger partial charge in [0.2, 0.25) is 6.29 Å². The van der Waals surface area contributed by atoms with E-state index in [0.29, 0.717) is 35.8 Å². The first-order valence-electron chi connectivity index (χ1n) is 14.9. The summed E-state index contributed by atoms with van der Waals surface area (Å²) >= 11 is 0. The lowest BCUT2D eigenvalue weighted by Gasteiger charge is -2.30. The Morgan fingerprint density at radius 3 is 2.29 bits per heavy atom. The number of esters is 1. The molecule has 0 aliphatic carbocycles. The number of nitrogens with one attached hydrogen (secondary N) is 1. The topological polar surface area (TPSA) is 75.2 Å². The Hall–Kier alpha value is -4.33. The zero-order valence-corrected chi connectivity index (χ0v) is 24.1. The van der Waals surface area contributed by atoms with Crippen molar-refractivity contribution in [3.05, 3.63) is 124 Å². The lowest BCUT2D eigenvalue weighted by Crippen LogP contribution is -2.31. The molecule has 0 bridgehead atoms. The minimum absolute atomic E-state index is 0.167. The van der Waals surface area contributed by atoms with Gasteiger partial charge in [0.05, 0.1) is 20.8 Å². The second-order valence-electron chi connectivity index (χ2n) is 10.0. The summed E-state index contributed by atoms with van der Waals surface area (Å²) in [5.74, 6) is 1.22. The predicted molar refractivity (Wildman–Crippen MR) is 161 cm³/mol. The van der Waals surface area contributed by atoms with Crippen molar-refractivity contribution in [3.63, 3.8) is 0 Å². The first kappa shape index (κ1) is 26.6. The minimum Gasteiger partial charge on any atom is -0.497 e. The lowest BCUT2D eigenvalue weighted by atomic mass is 9.88. The predicted octanol–water partition coefficient (Wildman–Crippen LogP) is 6.49. The van der Waals surface area contributed by atoms with Crippen molar-refractivity contribution in [2.45, 2.75) is 45.3 Å². The summed E-state index contributed by atoms with van der Waals surface area (Å²) in [4.78, 5) is 12.2. The molecule has 0 spiro atoms. The number of rotatable bonds is 12. The zero-order valence-electron chi connectivity index (χ0n) is 26.1. The molecule has 1 aliphatic heterocycles. The van der Waals surface area contributed by atoms with Crippen LogP contribution in [-0.4, -0.2) is 26.7 Å². The molecule has 1 aliphatic rings. The highest BCUT2D eigenvalue weighted by Gasteiger charge is 2.27. The highest BCUT2D eigenvalue weighted by molar-refractivity contribution is 5.66. The minimum atomic E-state index is -1.67. The number of benzene rings is 4. The molecule has 0 saturated heterocycles. The number of carbonyl (C=O) groups excluding carboxylic acids is 1. The molecular weight excluding hydrogens is 530 g/mol. The molecule has 4 aromatic rings. The Morgan fingerprint density at radius 2 is 1.62 bits per heavy atom. The van der Waals surface area contributed by atoms with Crippen LogP contribution in [0, 0.1) is 0 Å². The highest BCUT2D eigenvalue weighted by Crippen LogP contribution is 2.38. The van der Waals surface area contributed by atoms with Crippen LogP contribution in [0.4, 0.5) is 0 Å². The SMILES string of the molecule is [2H]C1([2H])Cc2cc(OC)c(OCc3ccccc3)cc2C(Cc2ccc(OC)cc2C(OCc2ccccc2)OC(C)=O)N1. The fourth-order valence-electron chi connectivity index (χ4n) is 5.02. The fourth-order valence-corrected chi connectivity index (χ4v) is 5.02. The number of aryl methyl sites for hydroxylation is 1. The zero-order chi connectivity index (χ0) is 31.1. The van der Waals surface area contributed by atoms with Crippen molar-refractivity contribution >= 4 is 5.97 Å². The third-order valence-corrected chi connectivity index (χ3v) is 7.14. The monoisotopic (exact) mass is 569 g/mol. The van der Waals surface area contributed by atoms with Gasteiger partial charge in [0.1, 0.15) is 12.4 Å². The van der Waals surface area contributed by atoms with E-state index in [1.54, 1.807) is 20.3 Å².